The maximum atomic E-state index is 6.05. The molecule has 0 radical (unpaired) electrons. The number of furan rings is 1. The highest BCUT2D eigenvalue weighted by Gasteiger charge is 2.29. The Morgan fingerprint density at radius 1 is 1.13 bits per heavy atom. The van der Waals surface area contributed by atoms with Crippen LogP contribution in [0.2, 0.25) is 0 Å². The van der Waals surface area contributed by atoms with Crippen molar-refractivity contribution in [3.63, 3.8) is 0 Å². The van der Waals surface area contributed by atoms with Crippen LogP contribution in [-0.2, 0) is 19.4 Å². The van der Waals surface area contributed by atoms with E-state index in [9.17, 15) is 0 Å². The predicted molar refractivity (Wildman–Crippen MR) is 59.8 cm³/mol. The van der Waals surface area contributed by atoms with E-state index in [1.165, 1.54) is 61.2 Å². The molecule has 1 aromatic heterocycles. The van der Waals surface area contributed by atoms with Gasteiger partial charge in [0.25, 0.3) is 0 Å². The average molecular weight is 205 g/mol. The molecule has 1 fully saturated rings. The molecule has 2 heteroatoms. The van der Waals surface area contributed by atoms with Gasteiger partial charge in [0.15, 0.2) is 0 Å². The van der Waals surface area contributed by atoms with E-state index in [1.54, 1.807) is 0 Å². The molecule has 0 bridgehead atoms. The van der Waals surface area contributed by atoms with Crippen LogP contribution in [0.1, 0.15) is 60.7 Å². The Morgan fingerprint density at radius 2 is 1.93 bits per heavy atom. The molecule has 0 amide bonds. The van der Waals surface area contributed by atoms with Gasteiger partial charge in [-0.05, 0) is 31.2 Å². The van der Waals surface area contributed by atoms with E-state index in [0.29, 0.717) is 12.5 Å². The van der Waals surface area contributed by atoms with Gasteiger partial charge in [0.05, 0.1) is 0 Å². The Bertz CT molecular complexity index is 361. The van der Waals surface area contributed by atoms with Crippen molar-refractivity contribution in [2.24, 2.45) is 5.73 Å². The van der Waals surface area contributed by atoms with E-state index in [0.717, 1.165) is 6.42 Å². The van der Waals surface area contributed by atoms with Gasteiger partial charge in [-0.15, -0.1) is 0 Å². The first-order valence-corrected chi connectivity index (χ1v) is 6.23. The zero-order valence-corrected chi connectivity index (χ0v) is 9.22. The van der Waals surface area contributed by atoms with Crippen molar-refractivity contribution in [2.75, 3.05) is 0 Å². The van der Waals surface area contributed by atoms with Crippen molar-refractivity contribution in [3.8, 4) is 0 Å². The molecule has 1 aromatic rings. The summed E-state index contributed by atoms with van der Waals surface area (Å²) in [6, 6.07) is 0. The normalized spacial score (nSPS) is 21.1. The Kier molecular flexibility index (Phi) is 2.32. The molecule has 82 valence electrons. The lowest BCUT2D eigenvalue weighted by atomic mass is 9.98. The first-order chi connectivity index (χ1) is 7.40. The van der Waals surface area contributed by atoms with Crippen molar-refractivity contribution in [1.82, 2.24) is 0 Å². The number of aryl methyl sites for hydroxylation is 1. The van der Waals surface area contributed by atoms with Crippen LogP contribution in [0.25, 0.3) is 0 Å². The molecule has 15 heavy (non-hydrogen) atoms. The summed E-state index contributed by atoms with van der Waals surface area (Å²) in [6.45, 7) is 0.671. The minimum absolute atomic E-state index is 0.671. The second-order valence-electron chi connectivity index (χ2n) is 4.89. The monoisotopic (exact) mass is 205 g/mol. The third kappa shape index (κ3) is 1.43. The summed E-state index contributed by atoms with van der Waals surface area (Å²) in [6.07, 6.45) is 8.91. The van der Waals surface area contributed by atoms with Gasteiger partial charge in [-0.2, -0.15) is 0 Å². The SMILES string of the molecule is NCc1c(C2CCCC2)oc2c1CCC2. The van der Waals surface area contributed by atoms with Crippen LogP contribution in [0.4, 0.5) is 0 Å². The van der Waals surface area contributed by atoms with Crippen molar-refractivity contribution >= 4 is 0 Å². The van der Waals surface area contributed by atoms with Gasteiger partial charge in [-0.3, -0.25) is 0 Å². The minimum atomic E-state index is 0.671. The fourth-order valence-corrected chi connectivity index (χ4v) is 3.23. The average Bonchev–Trinajstić information content (AvgIpc) is 2.93. The first-order valence-electron chi connectivity index (χ1n) is 6.23. The summed E-state index contributed by atoms with van der Waals surface area (Å²) in [7, 11) is 0. The molecule has 2 nitrogen and oxygen atoms in total. The van der Waals surface area contributed by atoms with Gasteiger partial charge in [-0.1, -0.05) is 12.8 Å². The van der Waals surface area contributed by atoms with Gasteiger partial charge in [0.2, 0.25) is 0 Å². The Balaban J connectivity index is 1.99. The molecule has 0 aromatic carbocycles. The lowest BCUT2D eigenvalue weighted by Crippen LogP contribution is -2.03. The Morgan fingerprint density at radius 3 is 2.67 bits per heavy atom. The fourth-order valence-electron chi connectivity index (χ4n) is 3.23. The van der Waals surface area contributed by atoms with Gasteiger partial charge < -0.3 is 10.2 Å². The Labute approximate surface area is 90.8 Å². The smallest absolute Gasteiger partial charge is 0.112 e. The number of rotatable bonds is 2. The van der Waals surface area contributed by atoms with Crippen molar-refractivity contribution < 1.29 is 4.42 Å². The van der Waals surface area contributed by atoms with Crippen LogP contribution in [-0.4, -0.2) is 0 Å². The molecule has 2 N–H and O–H groups in total. The number of nitrogens with two attached hydrogens (primary N) is 1. The zero-order chi connectivity index (χ0) is 10.3. The summed E-state index contributed by atoms with van der Waals surface area (Å²) in [5.74, 6) is 3.17. The summed E-state index contributed by atoms with van der Waals surface area (Å²) >= 11 is 0. The van der Waals surface area contributed by atoms with Crippen LogP contribution in [0, 0.1) is 0 Å². The van der Waals surface area contributed by atoms with E-state index in [2.05, 4.69) is 0 Å². The van der Waals surface area contributed by atoms with Gasteiger partial charge >= 0.3 is 0 Å². The number of hydrogen-bond donors (Lipinski definition) is 1. The number of hydrogen-bond acceptors (Lipinski definition) is 2. The van der Waals surface area contributed by atoms with E-state index in [4.69, 9.17) is 10.2 Å². The molecule has 1 saturated carbocycles. The highest BCUT2D eigenvalue weighted by atomic mass is 16.3. The van der Waals surface area contributed by atoms with Crippen LogP contribution >= 0.6 is 0 Å². The maximum absolute atomic E-state index is 6.05. The van der Waals surface area contributed by atoms with E-state index < -0.39 is 0 Å². The van der Waals surface area contributed by atoms with Gasteiger partial charge in [0.1, 0.15) is 11.5 Å². The minimum Gasteiger partial charge on any atom is -0.465 e. The lowest BCUT2D eigenvalue weighted by molar-refractivity contribution is 0.430. The Hall–Kier alpha value is -0.760. The van der Waals surface area contributed by atoms with Gasteiger partial charge in [-0.25, -0.2) is 0 Å². The highest BCUT2D eigenvalue weighted by Crippen LogP contribution is 2.41. The highest BCUT2D eigenvalue weighted by molar-refractivity contribution is 5.38. The molecular formula is C13H19NO. The van der Waals surface area contributed by atoms with Crippen LogP contribution in [0.15, 0.2) is 4.42 Å². The summed E-state index contributed by atoms with van der Waals surface area (Å²) in [4.78, 5) is 0. The first kappa shape index (κ1) is 9.46. The summed E-state index contributed by atoms with van der Waals surface area (Å²) < 4.78 is 6.05. The molecule has 0 atom stereocenters. The number of fused-ring (bicyclic) bond motifs is 1. The molecule has 1 heterocycles. The summed E-state index contributed by atoms with van der Waals surface area (Å²) in [5.41, 5.74) is 8.69. The van der Waals surface area contributed by atoms with Crippen LogP contribution < -0.4 is 5.73 Å². The largest absolute Gasteiger partial charge is 0.465 e. The molecule has 2 aliphatic carbocycles. The quantitative estimate of drug-likeness (QED) is 0.806. The molecule has 2 aliphatic rings. The molecule has 3 rings (SSSR count). The lowest BCUT2D eigenvalue weighted by Gasteiger charge is -2.08. The second kappa shape index (κ2) is 3.67. The topological polar surface area (TPSA) is 39.2 Å². The molecule has 0 aliphatic heterocycles. The summed E-state index contributed by atoms with van der Waals surface area (Å²) in [5, 5.41) is 0. The van der Waals surface area contributed by atoms with Crippen LogP contribution in [0.3, 0.4) is 0 Å². The van der Waals surface area contributed by atoms with Crippen molar-refractivity contribution in [1.29, 1.82) is 0 Å². The predicted octanol–water partition coefficient (Wildman–Crippen LogP) is 2.88. The molecular weight excluding hydrogens is 186 g/mol. The van der Waals surface area contributed by atoms with Crippen molar-refractivity contribution in [3.05, 3.63) is 22.6 Å². The van der Waals surface area contributed by atoms with Crippen LogP contribution in [0.5, 0.6) is 0 Å². The van der Waals surface area contributed by atoms with Crippen molar-refractivity contribution in [2.45, 2.75) is 57.4 Å². The third-order valence-corrected chi connectivity index (χ3v) is 3.99. The van der Waals surface area contributed by atoms with Gasteiger partial charge in [0, 0.05) is 24.4 Å². The van der Waals surface area contributed by atoms with E-state index >= 15 is 0 Å². The third-order valence-electron chi connectivity index (χ3n) is 3.99. The zero-order valence-electron chi connectivity index (χ0n) is 9.22. The molecule has 0 saturated heterocycles. The molecule has 0 unspecified atom stereocenters. The van der Waals surface area contributed by atoms with E-state index in [1.807, 2.05) is 0 Å². The fraction of sp³-hybridized carbons (Fsp3) is 0.692. The van der Waals surface area contributed by atoms with E-state index in [-0.39, 0.29) is 0 Å². The second-order valence-corrected chi connectivity index (χ2v) is 4.89. The standard InChI is InChI=1S/C13H19NO/c14-8-11-10-6-3-7-12(10)15-13(11)9-4-1-2-5-9/h9H,1-8,14H2. The molecule has 0 spiro atoms. The maximum Gasteiger partial charge on any atom is 0.112 e.